The van der Waals surface area contributed by atoms with Crippen molar-refractivity contribution >= 4 is 11.7 Å². The van der Waals surface area contributed by atoms with Crippen LogP contribution < -0.4 is 5.32 Å². The van der Waals surface area contributed by atoms with Crippen LogP contribution in [0.2, 0.25) is 0 Å². The highest BCUT2D eigenvalue weighted by Gasteiger charge is 2.24. The Morgan fingerprint density at radius 1 is 1.15 bits per heavy atom. The summed E-state index contributed by atoms with van der Waals surface area (Å²) in [7, 11) is 0. The summed E-state index contributed by atoms with van der Waals surface area (Å²) < 4.78 is 32.7. The number of hydrogen-bond acceptors (Lipinski definition) is 4. The molecule has 138 valence electrons. The molecule has 1 N–H and O–H groups in total. The minimum atomic E-state index is -0.713. The van der Waals surface area contributed by atoms with Crippen molar-refractivity contribution in [1.29, 1.82) is 0 Å². The van der Waals surface area contributed by atoms with Gasteiger partial charge in [0.15, 0.2) is 5.82 Å². The minimum absolute atomic E-state index is 0.0769. The summed E-state index contributed by atoms with van der Waals surface area (Å²) in [5.41, 5.74) is 2.07. The Labute approximate surface area is 154 Å². The second-order valence-electron chi connectivity index (χ2n) is 6.36. The van der Waals surface area contributed by atoms with Crippen molar-refractivity contribution in [3.63, 3.8) is 0 Å². The molecule has 0 aliphatic heterocycles. The molecule has 4 rings (SSSR count). The Balaban J connectivity index is 1.59. The summed E-state index contributed by atoms with van der Waals surface area (Å²) in [6.45, 7) is -0.713. The number of anilines is 1. The average Bonchev–Trinajstić information content (AvgIpc) is 3.07. The number of benzene rings is 1. The van der Waals surface area contributed by atoms with E-state index in [4.69, 9.17) is 4.42 Å². The van der Waals surface area contributed by atoms with Gasteiger partial charge in [-0.05, 0) is 31.4 Å². The van der Waals surface area contributed by atoms with Crippen molar-refractivity contribution in [2.75, 3.05) is 5.32 Å². The molecular weight excluding hydrogens is 352 g/mol. The first-order chi connectivity index (χ1) is 13.2. The van der Waals surface area contributed by atoms with Crippen LogP contribution in [0, 0.1) is 5.82 Å². The first-order valence-corrected chi connectivity index (χ1v) is 8.75. The highest BCUT2D eigenvalue weighted by atomic mass is 19.1. The lowest BCUT2D eigenvalue weighted by molar-refractivity contribution is 0.102. The molecule has 3 aromatic rings. The van der Waals surface area contributed by atoms with Crippen molar-refractivity contribution in [1.82, 2.24) is 9.97 Å². The highest BCUT2D eigenvalue weighted by molar-refractivity contribution is 6.03. The molecule has 27 heavy (non-hydrogen) atoms. The van der Waals surface area contributed by atoms with Crippen LogP contribution in [0.15, 0.2) is 41.1 Å². The summed E-state index contributed by atoms with van der Waals surface area (Å²) in [5, 5.41) is 2.51. The molecule has 1 aromatic carbocycles. The van der Waals surface area contributed by atoms with E-state index in [9.17, 15) is 13.6 Å². The van der Waals surface area contributed by atoms with Crippen LogP contribution in [0.4, 0.5) is 14.6 Å². The van der Waals surface area contributed by atoms with Gasteiger partial charge in [-0.1, -0.05) is 12.1 Å². The Morgan fingerprint density at radius 2 is 1.96 bits per heavy atom. The van der Waals surface area contributed by atoms with Crippen molar-refractivity contribution in [2.45, 2.75) is 32.4 Å². The molecule has 1 amide bonds. The SMILES string of the molecule is O=C(Nc1cnc(-c2c(CF)oc3c2CCCC3)cn1)c1ccccc1F. The van der Waals surface area contributed by atoms with E-state index in [2.05, 4.69) is 15.3 Å². The van der Waals surface area contributed by atoms with E-state index in [0.717, 1.165) is 37.0 Å². The van der Waals surface area contributed by atoms with Gasteiger partial charge in [0.1, 0.15) is 24.0 Å². The fraction of sp³-hybridized carbons (Fsp3) is 0.250. The molecule has 2 heterocycles. The van der Waals surface area contributed by atoms with Gasteiger partial charge in [0, 0.05) is 17.5 Å². The second-order valence-corrected chi connectivity index (χ2v) is 6.36. The van der Waals surface area contributed by atoms with Crippen molar-refractivity contribution in [2.24, 2.45) is 0 Å². The van der Waals surface area contributed by atoms with Gasteiger partial charge >= 0.3 is 0 Å². The number of nitrogens with zero attached hydrogens (tertiary/aromatic N) is 2. The van der Waals surface area contributed by atoms with Crippen LogP contribution in [0.5, 0.6) is 0 Å². The molecule has 1 aliphatic carbocycles. The normalized spacial score (nSPS) is 13.3. The number of alkyl halides is 1. The molecule has 0 saturated carbocycles. The Hall–Kier alpha value is -3.09. The zero-order valence-corrected chi connectivity index (χ0v) is 14.5. The smallest absolute Gasteiger partial charge is 0.259 e. The van der Waals surface area contributed by atoms with E-state index in [1.807, 2.05) is 0 Å². The van der Waals surface area contributed by atoms with Crippen molar-refractivity contribution < 1.29 is 18.0 Å². The van der Waals surface area contributed by atoms with E-state index in [1.165, 1.54) is 30.6 Å². The zero-order valence-electron chi connectivity index (χ0n) is 14.5. The molecule has 1 aliphatic rings. The average molecular weight is 369 g/mol. The predicted molar refractivity (Wildman–Crippen MR) is 95.5 cm³/mol. The molecule has 0 fully saturated rings. The van der Waals surface area contributed by atoms with Gasteiger partial charge in [-0.2, -0.15) is 0 Å². The lowest BCUT2D eigenvalue weighted by Crippen LogP contribution is -2.14. The third-order valence-electron chi connectivity index (χ3n) is 4.63. The van der Waals surface area contributed by atoms with Gasteiger partial charge in [-0.15, -0.1) is 0 Å². The molecule has 0 atom stereocenters. The Kier molecular flexibility index (Phi) is 4.66. The van der Waals surface area contributed by atoms with Gasteiger partial charge in [-0.3, -0.25) is 9.78 Å². The lowest BCUT2D eigenvalue weighted by Gasteiger charge is -2.11. The molecule has 0 saturated heterocycles. The number of carbonyl (C=O) groups is 1. The monoisotopic (exact) mass is 369 g/mol. The third-order valence-corrected chi connectivity index (χ3v) is 4.63. The van der Waals surface area contributed by atoms with E-state index in [-0.39, 0.29) is 17.1 Å². The maximum absolute atomic E-state index is 13.7. The maximum Gasteiger partial charge on any atom is 0.259 e. The standard InChI is InChI=1S/C20H17F2N3O2/c21-9-17-19(13-6-2-4-8-16(13)27-17)15-10-24-18(11-23-15)25-20(26)12-5-1-3-7-14(12)22/h1,3,5,7,10-11H,2,4,6,8-9H2,(H,24,25,26). The number of aryl methyl sites for hydroxylation is 1. The molecule has 0 radical (unpaired) electrons. The molecular formula is C20H17F2N3O2. The molecule has 0 spiro atoms. The van der Waals surface area contributed by atoms with Gasteiger partial charge in [0.05, 0.1) is 23.7 Å². The third kappa shape index (κ3) is 3.32. The van der Waals surface area contributed by atoms with Crippen LogP contribution in [0.1, 0.15) is 40.3 Å². The topological polar surface area (TPSA) is 68.0 Å². The minimum Gasteiger partial charge on any atom is -0.462 e. The zero-order chi connectivity index (χ0) is 18.8. The molecule has 0 bridgehead atoms. The summed E-state index contributed by atoms with van der Waals surface area (Å²) in [6.07, 6.45) is 6.51. The number of aromatic nitrogens is 2. The highest BCUT2D eigenvalue weighted by Crippen LogP contribution is 2.36. The second kappa shape index (κ2) is 7.26. The van der Waals surface area contributed by atoms with Crippen LogP contribution in [-0.2, 0) is 19.5 Å². The van der Waals surface area contributed by atoms with Crippen molar-refractivity contribution in [3.8, 4) is 11.3 Å². The number of halogens is 2. The summed E-state index contributed by atoms with van der Waals surface area (Å²) in [4.78, 5) is 20.6. The van der Waals surface area contributed by atoms with E-state index >= 15 is 0 Å². The van der Waals surface area contributed by atoms with Crippen LogP contribution in [0.3, 0.4) is 0 Å². The predicted octanol–water partition coefficient (Wildman–Crippen LogP) is 4.48. The molecule has 7 heteroatoms. The first kappa shape index (κ1) is 17.3. The summed E-state index contributed by atoms with van der Waals surface area (Å²) in [5.74, 6) is 0.0469. The molecule has 5 nitrogen and oxygen atoms in total. The fourth-order valence-corrected chi connectivity index (χ4v) is 3.36. The largest absolute Gasteiger partial charge is 0.462 e. The number of amides is 1. The van der Waals surface area contributed by atoms with Gasteiger partial charge < -0.3 is 9.73 Å². The Bertz CT molecular complexity index is 983. The molecule has 2 aromatic heterocycles. The fourth-order valence-electron chi connectivity index (χ4n) is 3.36. The van der Waals surface area contributed by atoms with Crippen molar-refractivity contribution in [3.05, 3.63) is 65.1 Å². The van der Waals surface area contributed by atoms with Gasteiger partial charge in [-0.25, -0.2) is 13.8 Å². The van der Waals surface area contributed by atoms with E-state index < -0.39 is 18.4 Å². The quantitative estimate of drug-likeness (QED) is 0.736. The number of nitrogens with one attached hydrogen (secondary N) is 1. The first-order valence-electron chi connectivity index (χ1n) is 8.75. The maximum atomic E-state index is 13.7. The number of furan rings is 1. The van der Waals surface area contributed by atoms with Crippen LogP contribution in [0.25, 0.3) is 11.3 Å². The van der Waals surface area contributed by atoms with Crippen LogP contribution >= 0.6 is 0 Å². The number of rotatable bonds is 4. The number of carbonyl (C=O) groups excluding carboxylic acids is 1. The van der Waals surface area contributed by atoms with Gasteiger partial charge in [0.25, 0.3) is 5.91 Å². The van der Waals surface area contributed by atoms with E-state index in [1.54, 1.807) is 6.07 Å². The molecule has 0 unspecified atom stereocenters. The number of hydrogen-bond donors (Lipinski definition) is 1. The summed E-state index contributed by atoms with van der Waals surface area (Å²) >= 11 is 0. The summed E-state index contributed by atoms with van der Waals surface area (Å²) in [6, 6.07) is 5.68. The number of fused-ring (bicyclic) bond motifs is 1. The van der Waals surface area contributed by atoms with Gasteiger partial charge in [0.2, 0.25) is 0 Å². The lowest BCUT2D eigenvalue weighted by atomic mass is 9.93. The van der Waals surface area contributed by atoms with E-state index in [0.29, 0.717) is 11.3 Å². The van der Waals surface area contributed by atoms with Crippen LogP contribution in [-0.4, -0.2) is 15.9 Å². The Morgan fingerprint density at radius 3 is 2.70 bits per heavy atom.